The molecule has 0 saturated heterocycles. The SMILES string of the molecule is O=C(C[C@@H](CCCC1CCCCC1)c1nc(-c2cnc3ccccc3c2)no1)NO. The van der Waals surface area contributed by atoms with E-state index in [-0.39, 0.29) is 12.3 Å². The lowest BCUT2D eigenvalue weighted by atomic mass is 9.84. The summed E-state index contributed by atoms with van der Waals surface area (Å²) in [7, 11) is 0. The standard InChI is InChI=1S/C23H28N4O3/c28-21(26-29)14-18(11-6-9-16-7-2-1-3-8-16)23-25-22(27-30-23)19-13-17-10-4-5-12-20(17)24-15-19/h4-5,10,12-13,15-16,18,29H,1-3,6-9,11,14H2,(H,26,28)/t18-/m1/s1. The lowest BCUT2D eigenvalue weighted by Crippen LogP contribution is -2.21. The van der Waals surface area contributed by atoms with E-state index in [0.717, 1.165) is 41.6 Å². The Labute approximate surface area is 175 Å². The summed E-state index contributed by atoms with van der Waals surface area (Å²) in [5.41, 5.74) is 3.41. The number of hydrogen-bond acceptors (Lipinski definition) is 6. The molecule has 1 aliphatic rings. The number of carbonyl (C=O) groups is 1. The topological polar surface area (TPSA) is 101 Å². The highest BCUT2D eigenvalue weighted by atomic mass is 16.5. The van der Waals surface area contributed by atoms with Gasteiger partial charge in [0.1, 0.15) is 0 Å². The average molecular weight is 409 g/mol. The van der Waals surface area contributed by atoms with Crippen LogP contribution in [0.15, 0.2) is 41.1 Å². The zero-order valence-corrected chi connectivity index (χ0v) is 17.1. The number of nitrogens with zero attached hydrogens (tertiary/aromatic N) is 3. The molecule has 0 aliphatic heterocycles. The van der Waals surface area contributed by atoms with Crippen LogP contribution in [0.3, 0.4) is 0 Å². The van der Waals surface area contributed by atoms with Gasteiger partial charge in [-0.1, -0.05) is 68.3 Å². The average Bonchev–Trinajstić information content (AvgIpc) is 3.29. The minimum Gasteiger partial charge on any atom is -0.339 e. The van der Waals surface area contributed by atoms with Crippen LogP contribution in [0.25, 0.3) is 22.3 Å². The molecule has 30 heavy (non-hydrogen) atoms. The van der Waals surface area contributed by atoms with Crippen molar-refractivity contribution in [3.05, 3.63) is 42.4 Å². The van der Waals surface area contributed by atoms with Crippen molar-refractivity contribution in [1.82, 2.24) is 20.6 Å². The molecule has 3 aromatic rings. The highest BCUT2D eigenvalue weighted by Crippen LogP contribution is 2.32. The van der Waals surface area contributed by atoms with E-state index in [0.29, 0.717) is 11.7 Å². The third-order valence-electron chi connectivity index (χ3n) is 6.09. The number of carbonyl (C=O) groups excluding carboxylic acids is 1. The first kappa shape index (κ1) is 20.5. The highest BCUT2D eigenvalue weighted by Gasteiger charge is 2.23. The second-order valence-corrected chi connectivity index (χ2v) is 8.24. The normalized spacial score (nSPS) is 15.9. The molecule has 2 heterocycles. The third kappa shape index (κ3) is 5.02. The van der Waals surface area contributed by atoms with Crippen molar-refractivity contribution in [2.24, 2.45) is 5.92 Å². The molecule has 0 bridgehead atoms. The van der Waals surface area contributed by atoms with Crippen molar-refractivity contribution in [2.45, 2.75) is 63.7 Å². The summed E-state index contributed by atoms with van der Waals surface area (Å²) in [5.74, 6) is 1.03. The number of nitrogens with one attached hydrogen (secondary N) is 1. The van der Waals surface area contributed by atoms with Gasteiger partial charge in [0.2, 0.25) is 17.6 Å². The minimum absolute atomic E-state index is 0.124. The smallest absolute Gasteiger partial charge is 0.244 e. The van der Waals surface area contributed by atoms with E-state index in [1.807, 2.05) is 30.3 Å². The van der Waals surface area contributed by atoms with Crippen LogP contribution >= 0.6 is 0 Å². The van der Waals surface area contributed by atoms with Crippen LogP contribution in [0.2, 0.25) is 0 Å². The summed E-state index contributed by atoms with van der Waals surface area (Å²) in [6.45, 7) is 0. The number of para-hydroxylation sites is 1. The first-order chi connectivity index (χ1) is 14.7. The molecule has 1 fully saturated rings. The predicted octanol–water partition coefficient (Wildman–Crippen LogP) is 5.01. The van der Waals surface area contributed by atoms with Crippen molar-refractivity contribution < 1.29 is 14.5 Å². The Bertz CT molecular complexity index is 981. The molecule has 2 aromatic heterocycles. The fraction of sp³-hybridized carbons (Fsp3) is 0.478. The Morgan fingerprint density at radius 2 is 2.07 bits per heavy atom. The molecule has 1 atom stereocenters. The highest BCUT2D eigenvalue weighted by molar-refractivity contribution is 5.82. The molecule has 4 rings (SSSR count). The van der Waals surface area contributed by atoms with Gasteiger partial charge in [0.15, 0.2) is 0 Å². The maximum atomic E-state index is 11.8. The van der Waals surface area contributed by atoms with Gasteiger partial charge in [-0.25, -0.2) is 5.48 Å². The van der Waals surface area contributed by atoms with Crippen LogP contribution in [0.5, 0.6) is 0 Å². The number of hydroxylamine groups is 1. The van der Waals surface area contributed by atoms with Gasteiger partial charge in [-0.3, -0.25) is 15.0 Å². The van der Waals surface area contributed by atoms with Gasteiger partial charge >= 0.3 is 0 Å². The second kappa shape index (κ2) is 9.80. The number of benzene rings is 1. The number of pyridine rings is 1. The summed E-state index contributed by atoms with van der Waals surface area (Å²) < 4.78 is 5.53. The number of aromatic nitrogens is 3. The fourth-order valence-corrected chi connectivity index (χ4v) is 4.42. The molecule has 1 aromatic carbocycles. The van der Waals surface area contributed by atoms with E-state index in [2.05, 4.69) is 15.1 Å². The molecular formula is C23H28N4O3. The lowest BCUT2D eigenvalue weighted by molar-refractivity contribution is -0.129. The molecule has 0 unspecified atom stereocenters. The predicted molar refractivity (Wildman–Crippen MR) is 113 cm³/mol. The molecule has 7 heteroatoms. The van der Waals surface area contributed by atoms with Crippen LogP contribution in [0.1, 0.15) is 69.6 Å². The van der Waals surface area contributed by atoms with Crippen molar-refractivity contribution in [1.29, 1.82) is 0 Å². The minimum atomic E-state index is -0.440. The molecule has 7 nitrogen and oxygen atoms in total. The van der Waals surface area contributed by atoms with Gasteiger partial charge in [-0.15, -0.1) is 0 Å². The first-order valence-corrected chi connectivity index (χ1v) is 10.8. The van der Waals surface area contributed by atoms with E-state index < -0.39 is 5.91 Å². The molecular weight excluding hydrogens is 380 g/mol. The molecule has 0 radical (unpaired) electrons. The van der Waals surface area contributed by atoms with Gasteiger partial charge in [0, 0.05) is 29.5 Å². The molecule has 1 amide bonds. The summed E-state index contributed by atoms with van der Waals surface area (Å²) in [6, 6.07) is 9.84. The monoisotopic (exact) mass is 408 g/mol. The summed E-state index contributed by atoms with van der Waals surface area (Å²) in [4.78, 5) is 20.8. The maximum absolute atomic E-state index is 11.8. The summed E-state index contributed by atoms with van der Waals surface area (Å²) in [5, 5.41) is 14.1. The first-order valence-electron chi connectivity index (χ1n) is 10.8. The van der Waals surface area contributed by atoms with E-state index in [1.54, 1.807) is 11.7 Å². The summed E-state index contributed by atoms with van der Waals surface area (Å²) in [6.07, 6.45) is 11.4. The Morgan fingerprint density at radius 3 is 2.90 bits per heavy atom. The maximum Gasteiger partial charge on any atom is 0.244 e. The zero-order chi connectivity index (χ0) is 20.8. The van der Waals surface area contributed by atoms with Gasteiger partial charge in [0.25, 0.3) is 0 Å². The number of hydrogen-bond donors (Lipinski definition) is 2. The molecule has 158 valence electrons. The molecule has 2 N–H and O–H groups in total. The van der Waals surface area contributed by atoms with E-state index in [9.17, 15) is 4.79 Å². The number of fused-ring (bicyclic) bond motifs is 1. The second-order valence-electron chi connectivity index (χ2n) is 8.24. The van der Waals surface area contributed by atoms with Gasteiger partial charge in [-0.05, 0) is 24.5 Å². The van der Waals surface area contributed by atoms with Crippen LogP contribution in [0.4, 0.5) is 0 Å². The van der Waals surface area contributed by atoms with E-state index in [1.165, 1.54) is 32.1 Å². The van der Waals surface area contributed by atoms with Crippen LogP contribution in [0, 0.1) is 5.92 Å². The Morgan fingerprint density at radius 1 is 1.23 bits per heavy atom. The quantitative estimate of drug-likeness (QED) is 0.401. The van der Waals surface area contributed by atoms with Crippen molar-refractivity contribution in [3.8, 4) is 11.4 Å². The van der Waals surface area contributed by atoms with Crippen LogP contribution in [-0.4, -0.2) is 26.2 Å². The third-order valence-corrected chi connectivity index (χ3v) is 6.09. The lowest BCUT2D eigenvalue weighted by Gasteiger charge is -2.22. The van der Waals surface area contributed by atoms with E-state index >= 15 is 0 Å². The molecule has 0 spiro atoms. The van der Waals surface area contributed by atoms with Crippen LogP contribution in [-0.2, 0) is 4.79 Å². The van der Waals surface area contributed by atoms with Crippen molar-refractivity contribution in [2.75, 3.05) is 0 Å². The Hall–Kier alpha value is -2.80. The zero-order valence-electron chi connectivity index (χ0n) is 17.1. The van der Waals surface area contributed by atoms with Gasteiger partial charge < -0.3 is 4.52 Å². The van der Waals surface area contributed by atoms with Crippen molar-refractivity contribution >= 4 is 16.8 Å². The van der Waals surface area contributed by atoms with Gasteiger partial charge in [0.05, 0.1) is 5.52 Å². The molecule has 1 saturated carbocycles. The van der Waals surface area contributed by atoms with Crippen molar-refractivity contribution in [3.63, 3.8) is 0 Å². The number of amides is 1. The Kier molecular flexibility index (Phi) is 6.69. The Balaban J connectivity index is 1.47. The van der Waals surface area contributed by atoms with E-state index in [4.69, 9.17) is 9.73 Å². The van der Waals surface area contributed by atoms with Gasteiger partial charge in [-0.2, -0.15) is 4.98 Å². The molecule has 1 aliphatic carbocycles. The summed E-state index contributed by atoms with van der Waals surface area (Å²) >= 11 is 0. The fourth-order valence-electron chi connectivity index (χ4n) is 4.42. The van der Waals surface area contributed by atoms with Crippen LogP contribution < -0.4 is 5.48 Å². The largest absolute Gasteiger partial charge is 0.339 e. The number of rotatable bonds is 8.